The topological polar surface area (TPSA) is 220 Å². The molecule has 0 bridgehead atoms. The minimum Gasteiger partial charge on any atom is -0.496 e. The molecular weight excluding hydrogens is 935 g/mol. The number of carbonyl (C=O) groups excluding carboxylic acids is 5. The molecule has 3 atom stereocenters. The van der Waals surface area contributed by atoms with E-state index >= 15 is 0 Å². The molecule has 0 spiro atoms. The van der Waals surface area contributed by atoms with Crippen LogP contribution in [0, 0.1) is 32.1 Å². The number of β-amino-alcohol motifs (C(OH)–C–C–N with tert-alkyl or cyclic N) is 1. The standard InChI is InChI=1S/C54H71N9O8S/c1-33-26-44(71-7)41(50(67)59-33)29-57-52(69)47-35(3)62(42-13-9-8-12-40(42)47)30-37-20-24-61(25-21-37)23-11-15-45(65)55-22-10-14-46(66)60-49(54(4,5)6)53(70)63-31-39(64)27-43(63)51(68)56-28-36-16-18-38(19-17-36)48-34(2)58-32-72-48/h8-9,12-13,16-19,26,32,37,39,43,49,64H,10-11,14-15,20-25,27-31H2,1-7H3,(H,55,65)(H,56,68)(H,57,69)(H,59,67)(H,60,66). The smallest absolute Gasteiger partial charge is 0.256 e. The Balaban J connectivity index is 0.807. The van der Waals surface area contributed by atoms with Crippen molar-refractivity contribution in [1.82, 2.24) is 45.6 Å². The summed E-state index contributed by atoms with van der Waals surface area (Å²) in [5.74, 6) is -0.605. The predicted molar refractivity (Wildman–Crippen MR) is 278 cm³/mol. The summed E-state index contributed by atoms with van der Waals surface area (Å²) in [5.41, 5.74) is 7.25. The van der Waals surface area contributed by atoms with Crippen LogP contribution in [0.2, 0.25) is 0 Å². The second kappa shape index (κ2) is 23.9. The summed E-state index contributed by atoms with van der Waals surface area (Å²) in [5, 5.41) is 23.2. The van der Waals surface area contributed by atoms with Crippen LogP contribution in [0.1, 0.15) is 104 Å². The Morgan fingerprint density at radius 2 is 1.65 bits per heavy atom. The van der Waals surface area contributed by atoms with Crippen molar-refractivity contribution in [2.24, 2.45) is 11.3 Å². The van der Waals surface area contributed by atoms with Gasteiger partial charge in [0.05, 0.1) is 47.0 Å². The number of rotatable bonds is 20. The molecule has 17 nitrogen and oxygen atoms in total. The number of likely N-dealkylation sites (tertiary alicyclic amines) is 2. The number of pyridine rings is 1. The fraction of sp³-hybridized carbons (Fsp3) is 0.500. The molecule has 2 fully saturated rings. The molecule has 7 rings (SSSR count). The lowest BCUT2D eigenvalue weighted by Gasteiger charge is -2.35. The van der Waals surface area contributed by atoms with Gasteiger partial charge in [0.25, 0.3) is 11.5 Å². The van der Waals surface area contributed by atoms with Gasteiger partial charge in [0, 0.05) is 67.7 Å². The second-order valence-corrected chi connectivity index (χ2v) is 21.2. The molecule has 2 aliphatic heterocycles. The van der Waals surface area contributed by atoms with Crippen LogP contribution in [0.25, 0.3) is 21.3 Å². The van der Waals surface area contributed by atoms with Gasteiger partial charge in [-0.3, -0.25) is 28.8 Å². The van der Waals surface area contributed by atoms with Crippen molar-refractivity contribution < 1.29 is 33.8 Å². The van der Waals surface area contributed by atoms with Gasteiger partial charge in [-0.2, -0.15) is 0 Å². The molecule has 6 N–H and O–H groups in total. The maximum atomic E-state index is 14.1. The number of piperidine rings is 1. The number of ether oxygens (including phenoxy) is 1. The first kappa shape index (κ1) is 53.4. The number of benzene rings is 2. The Labute approximate surface area is 425 Å². The molecule has 5 heterocycles. The van der Waals surface area contributed by atoms with E-state index in [1.165, 1.54) is 12.0 Å². The number of nitrogens with zero attached hydrogens (tertiary/aromatic N) is 4. The monoisotopic (exact) mass is 1010 g/mol. The molecule has 3 unspecified atom stereocenters. The molecule has 5 amide bonds. The number of aliphatic hydroxyl groups is 1. The van der Waals surface area contributed by atoms with Gasteiger partial charge < -0.3 is 50.5 Å². The number of nitrogens with one attached hydrogen (secondary N) is 5. The summed E-state index contributed by atoms with van der Waals surface area (Å²) in [4.78, 5) is 91.9. The van der Waals surface area contributed by atoms with Crippen molar-refractivity contribution in [3.8, 4) is 16.2 Å². The maximum Gasteiger partial charge on any atom is 0.256 e. The number of thiazole rings is 1. The van der Waals surface area contributed by atoms with Gasteiger partial charge in [-0.25, -0.2) is 4.98 Å². The molecule has 18 heteroatoms. The third kappa shape index (κ3) is 13.2. The van der Waals surface area contributed by atoms with Crippen molar-refractivity contribution in [2.75, 3.05) is 39.8 Å². The van der Waals surface area contributed by atoms with Crippen LogP contribution in [0.4, 0.5) is 0 Å². The fourth-order valence-electron chi connectivity index (χ4n) is 9.94. The third-order valence-electron chi connectivity index (χ3n) is 14.0. The average Bonchev–Trinajstić information content (AvgIpc) is 4.05. The number of fused-ring (bicyclic) bond motifs is 1. The number of methoxy groups -OCH3 is 1. The SMILES string of the molecule is COc1cc(C)[nH]c(=O)c1CNC(=O)c1c(C)n(CC2CCN(CCCC(=O)NCCCC(=O)NC(C(=O)N3CC(O)CC3C(=O)NCc3ccc(-c4scnc4C)cc3)C(C)(C)C)CC2)c2ccccc12. The van der Waals surface area contributed by atoms with Crippen LogP contribution in [0.5, 0.6) is 5.75 Å². The van der Waals surface area contributed by atoms with E-state index in [-0.39, 0.29) is 61.7 Å². The molecular formula is C54H71N9O8S. The fourth-order valence-corrected chi connectivity index (χ4v) is 10.7. The van der Waals surface area contributed by atoms with E-state index in [1.54, 1.807) is 24.3 Å². The first-order chi connectivity index (χ1) is 34.4. The van der Waals surface area contributed by atoms with Crippen molar-refractivity contribution in [3.05, 3.63) is 104 Å². The maximum absolute atomic E-state index is 14.1. The lowest BCUT2D eigenvalue weighted by molar-refractivity contribution is -0.144. The van der Waals surface area contributed by atoms with E-state index < -0.39 is 29.5 Å². The van der Waals surface area contributed by atoms with Crippen LogP contribution in [0.3, 0.4) is 0 Å². The van der Waals surface area contributed by atoms with Crippen molar-refractivity contribution in [2.45, 2.75) is 124 Å². The van der Waals surface area contributed by atoms with Crippen molar-refractivity contribution in [1.29, 1.82) is 0 Å². The summed E-state index contributed by atoms with van der Waals surface area (Å²) in [6, 6.07) is 15.7. The van der Waals surface area contributed by atoms with E-state index in [2.05, 4.69) is 40.7 Å². The molecule has 2 aliphatic rings. The van der Waals surface area contributed by atoms with Crippen LogP contribution < -0.4 is 31.6 Å². The van der Waals surface area contributed by atoms with Gasteiger partial charge in [0.1, 0.15) is 17.8 Å². The number of para-hydroxylation sites is 1. The van der Waals surface area contributed by atoms with Crippen LogP contribution in [-0.2, 0) is 38.8 Å². The van der Waals surface area contributed by atoms with E-state index in [9.17, 15) is 33.9 Å². The Morgan fingerprint density at radius 1 is 0.931 bits per heavy atom. The molecule has 0 aliphatic carbocycles. The number of aromatic nitrogens is 3. The molecule has 0 saturated carbocycles. The average molecular weight is 1010 g/mol. The lowest BCUT2D eigenvalue weighted by Crippen LogP contribution is -2.57. The summed E-state index contributed by atoms with van der Waals surface area (Å²) in [6.07, 6.45) is 2.76. The number of aromatic amines is 1. The van der Waals surface area contributed by atoms with Crippen LogP contribution >= 0.6 is 11.3 Å². The molecule has 3 aromatic heterocycles. The Bertz CT molecular complexity index is 2790. The molecule has 2 aromatic carbocycles. The Kier molecular flexibility index (Phi) is 17.7. The lowest BCUT2D eigenvalue weighted by atomic mass is 9.85. The van der Waals surface area contributed by atoms with Gasteiger partial charge in [0.15, 0.2) is 0 Å². The van der Waals surface area contributed by atoms with Gasteiger partial charge in [-0.1, -0.05) is 63.2 Å². The second-order valence-electron chi connectivity index (χ2n) is 20.4. The third-order valence-corrected chi connectivity index (χ3v) is 15.0. The Hall–Kier alpha value is -6.37. The predicted octanol–water partition coefficient (Wildman–Crippen LogP) is 5.51. The number of hydrogen-bond donors (Lipinski definition) is 6. The summed E-state index contributed by atoms with van der Waals surface area (Å²) in [7, 11) is 1.51. The van der Waals surface area contributed by atoms with Gasteiger partial charge >= 0.3 is 0 Å². The quantitative estimate of drug-likeness (QED) is 0.0537. The highest BCUT2D eigenvalue weighted by Gasteiger charge is 2.44. The highest BCUT2D eigenvalue weighted by molar-refractivity contribution is 7.13. The first-order valence-electron chi connectivity index (χ1n) is 25.1. The number of aryl methyl sites for hydroxylation is 2. The van der Waals surface area contributed by atoms with Crippen LogP contribution in [-0.4, -0.2) is 117 Å². The molecule has 72 heavy (non-hydrogen) atoms. The van der Waals surface area contributed by atoms with Gasteiger partial charge in [-0.15, -0.1) is 11.3 Å². The molecule has 2 saturated heterocycles. The van der Waals surface area contributed by atoms with Gasteiger partial charge in [0.2, 0.25) is 23.6 Å². The minimum absolute atomic E-state index is 0.0122. The van der Waals surface area contributed by atoms with Gasteiger partial charge in [-0.05, 0) is 101 Å². The highest BCUT2D eigenvalue weighted by atomic mass is 32.1. The summed E-state index contributed by atoms with van der Waals surface area (Å²) < 4.78 is 7.66. The largest absolute Gasteiger partial charge is 0.496 e. The normalized spacial score (nSPS) is 16.9. The highest BCUT2D eigenvalue weighted by Crippen LogP contribution is 2.31. The number of aliphatic hydroxyl groups excluding tert-OH is 1. The zero-order chi connectivity index (χ0) is 51.7. The summed E-state index contributed by atoms with van der Waals surface area (Å²) >= 11 is 1.57. The van der Waals surface area contributed by atoms with Crippen molar-refractivity contribution >= 4 is 51.8 Å². The molecule has 386 valence electrons. The number of carbonyl (C=O) groups is 5. The van der Waals surface area contributed by atoms with Crippen molar-refractivity contribution in [3.63, 3.8) is 0 Å². The zero-order valence-corrected chi connectivity index (χ0v) is 43.5. The van der Waals surface area contributed by atoms with E-state index in [4.69, 9.17) is 4.74 Å². The number of amides is 5. The minimum atomic E-state index is -0.937. The first-order valence-corrected chi connectivity index (χ1v) is 26.0. The molecule has 0 radical (unpaired) electrons. The van der Waals surface area contributed by atoms with Crippen LogP contribution in [0.15, 0.2) is 64.9 Å². The van der Waals surface area contributed by atoms with E-state index in [0.29, 0.717) is 54.3 Å². The van der Waals surface area contributed by atoms with E-state index in [0.717, 1.165) is 77.3 Å². The van der Waals surface area contributed by atoms with E-state index in [1.807, 2.05) is 88.7 Å². The molecule has 5 aromatic rings. The number of H-pyrrole nitrogens is 1. The zero-order valence-electron chi connectivity index (χ0n) is 42.7. The summed E-state index contributed by atoms with van der Waals surface area (Å²) in [6.45, 7) is 15.3. The Morgan fingerprint density at radius 3 is 2.35 bits per heavy atom. The number of hydrogen-bond acceptors (Lipinski definition) is 11.